The predicted octanol–water partition coefficient (Wildman–Crippen LogP) is 2.16. The number of nitrogens with one attached hydrogen (secondary N) is 1. The van der Waals surface area contributed by atoms with Crippen LogP contribution in [0.1, 0.15) is 12.6 Å². The lowest BCUT2D eigenvalue weighted by molar-refractivity contribution is -0.145. The molecule has 1 aliphatic rings. The molecule has 3 rings (SSSR count). The van der Waals surface area contributed by atoms with Gasteiger partial charge in [0.2, 0.25) is 5.89 Å². The number of rotatable bonds is 4. The van der Waals surface area contributed by atoms with Gasteiger partial charge < -0.3 is 19.4 Å². The highest BCUT2D eigenvalue weighted by molar-refractivity contribution is 5.82. The van der Waals surface area contributed by atoms with E-state index >= 15 is 0 Å². The molecule has 1 N–H and O–H groups in total. The molecular formula is C19H24N4O3. The van der Waals surface area contributed by atoms with E-state index in [1.165, 1.54) is 7.11 Å². The minimum Gasteiger partial charge on any atom is -0.469 e. The molecule has 2 unspecified atom stereocenters. The number of aromatic nitrogens is 1. The first-order valence-corrected chi connectivity index (χ1v) is 8.65. The number of guanidine groups is 1. The number of hydrogen-bond donors (Lipinski definition) is 1. The lowest BCUT2D eigenvalue weighted by atomic mass is 9.99. The molecule has 1 saturated heterocycles. The van der Waals surface area contributed by atoms with Crippen molar-refractivity contribution in [1.29, 1.82) is 0 Å². The maximum atomic E-state index is 11.9. The summed E-state index contributed by atoms with van der Waals surface area (Å²) in [5, 5.41) is 3.29. The molecule has 1 aromatic carbocycles. The summed E-state index contributed by atoms with van der Waals surface area (Å²) < 4.78 is 10.4. The fourth-order valence-electron chi connectivity index (χ4n) is 3.20. The third-order valence-corrected chi connectivity index (χ3v) is 4.63. The fraction of sp³-hybridized carbons (Fsp3) is 0.421. The van der Waals surface area contributed by atoms with Crippen molar-refractivity contribution in [2.24, 2.45) is 16.8 Å². The van der Waals surface area contributed by atoms with Crippen LogP contribution < -0.4 is 5.32 Å². The zero-order chi connectivity index (χ0) is 18.5. The molecule has 0 radical (unpaired) electrons. The van der Waals surface area contributed by atoms with Crippen molar-refractivity contribution in [2.75, 3.05) is 27.2 Å². The average Bonchev–Trinajstić information content (AvgIpc) is 3.29. The summed E-state index contributed by atoms with van der Waals surface area (Å²) in [5.41, 5.74) is 1.74. The van der Waals surface area contributed by atoms with Crippen molar-refractivity contribution >= 4 is 11.9 Å². The molecule has 2 heterocycles. The second-order valence-electron chi connectivity index (χ2n) is 6.42. The van der Waals surface area contributed by atoms with E-state index in [0.29, 0.717) is 19.0 Å². The maximum Gasteiger partial charge on any atom is 0.310 e. The Morgan fingerprint density at radius 2 is 2.15 bits per heavy atom. The van der Waals surface area contributed by atoms with Gasteiger partial charge in [-0.25, -0.2) is 4.98 Å². The van der Waals surface area contributed by atoms with Crippen molar-refractivity contribution < 1.29 is 13.9 Å². The Bertz CT molecular complexity index is 772. The number of nitrogens with zero attached hydrogens (tertiary/aromatic N) is 3. The van der Waals surface area contributed by atoms with Gasteiger partial charge in [-0.3, -0.25) is 9.79 Å². The van der Waals surface area contributed by atoms with E-state index in [-0.39, 0.29) is 17.8 Å². The minimum atomic E-state index is -0.167. The van der Waals surface area contributed by atoms with Gasteiger partial charge in [-0.1, -0.05) is 25.1 Å². The minimum absolute atomic E-state index is 0.129. The van der Waals surface area contributed by atoms with Crippen molar-refractivity contribution in [3.8, 4) is 11.5 Å². The summed E-state index contributed by atoms with van der Waals surface area (Å²) >= 11 is 0. The van der Waals surface area contributed by atoms with Crippen LogP contribution in [0.2, 0.25) is 0 Å². The number of esters is 1. The van der Waals surface area contributed by atoms with Crippen molar-refractivity contribution in [3.05, 3.63) is 42.3 Å². The third-order valence-electron chi connectivity index (χ3n) is 4.63. The summed E-state index contributed by atoms with van der Waals surface area (Å²) in [5.74, 6) is 1.26. The molecule has 2 aromatic rings. The Kier molecular flexibility index (Phi) is 5.55. The second-order valence-corrected chi connectivity index (χ2v) is 6.42. The highest BCUT2D eigenvalue weighted by Gasteiger charge is 2.36. The summed E-state index contributed by atoms with van der Waals surface area (Å²) in [6.45, 7) is 3.91. The van der Waals surface area contributed by atoms with Crippen LogP contribution in [-0.2, 0) is 16.1 Å². The molecule has 138 valence electrons. The Balaban J connectivity index is 1.60. The van der Waals surface area contributed by atoms with Gasteiger partial charge in [0.05, 0.1) is 25.3 Å². The van der Waals surface area contributed by atoms with Gasteiger partial charge in [-0.15, -0.1) is 0 Å². The van der Waals surface area contributed by atoms with Crippen LogP contribution in [0.15, 0.2) is 46.0 Å². The molecule has 0 saturated carbocycles. The van der Waals surface area contributed by atoms with Gasteiger partial charge >= 0.3 is 5.97 Å². The second kappa shape index (κ2) is 8.03. The normalized spacial score (nSPS) is 20.3. The number of ether oxygens (including phenoxy) is 1. The molecular weight excluding hydrogens is 332 g/mol. The van der Waals surface area contributed by atoms with Crippen LogP contribution in [0, 0.1) is 11.8 Å². The quantitative estimate of drug-likeness (QED) is 0.514. The van der Waals surface area contributed by atoms with Gasteiger partial charge in [-0.2, -0.15) is 0 Å². The largest absolute Gasteiger partial charge is 0.469 e. The third kappa shape index (κ3) is 3.87. The smallest absolute Gasteiger partial charge is 0.310 e. The van der Waals surface area contributed by atoms with Crippen LogP contribution in [0.4, 0.5) is 0 Å². The van der Waals surface area contributed by atoms with E-state index in [4.69, 9.17) is 9.15 Å². The van der Waals surface area contributed by atoms with Crippen molar-refractivity contribution in [2.45, 2.75) is 13.5 Å². The van der Waals surface area contributed by atoms with Crippen molar-refractivity contribution in [1.82, 2.24) is 15.2 Å². The van der Waals surface area contributed by atoms with Crippen LogP contribution in [0.3, 0.4) is 0 Å². The van der Waals surface area contributed by atoms with Crippen LogP contribution >= 0.6 is 0 Å². The monoisotopic (exact) mass is 356 g/mol. The fourth-order valence-corrected chi connectivity index (χ4v) is 3.20. The Morgan fingerprint density at radius 3 is 2.85 bits per heavy atom. The van der Waals surface area contributed by atoms with Gasteiger partial charge in [0.1, 0.15) is 6.26 Å². The van der Waals surface area contributed by atoms with Gasteiger partial charge in [0.15, 0.2) is 5.96 Å². The summed E-state index contributed by atoms with van der Waals surface area (Å²) in [4.78, 5) is 22.8. The first kappa shape index (κ1) is 18.0. The maximum absolute atomic E-state index is 11.9. The predicted molar refractivity (Wildman–Crippen MR) is 98.4 cm³/mol. The summed E-state index contributed by atoms with van der Waals surface area (Å²) in [6.07, 6.45) is 1.65. The van der Waals surface area contributed by atoms with Crippen molar-refractivity contribution in [3.63, 3.8) is 0 Å². The number of benzene rings is 1. The molecule has 0 aliphatic carbocycles. The Morgan fingerprint density at radius 1 is 1.38 bits per heavy atom. The van der Waals surface area contributed by atoms with Crippen LogP contribution in [0.25, 0.3) is 11.5 Å². The molecule has 0 bridgehead atoms. The molecule has 1 aromatic heterocycles. The number of hydrogen-bond acceptors (Lipinski definition) is 5. The number of carbonyl (C=O) groups is 1. The number of aliphatic imine (C=N–C) groups is 1. The first-order valence-electron chi connectivity index (χ1n) is 8.65. The highest BCUT2D eigenvalue weighted by atomic mass is 16.5. The SMILES string of the molecule is CN=C(NCc1coc(-c2ccccc2)n1)N1CC(C)C(C(=O)OC)C1. The number of oxazole rings is 1. The van der Waals surface area contributed by atoms with E-state index in [1.807, 2.05) is 30.3 Å². The molecule has 1 fully saturated rings. The molecule has 0 spiro atoms. The lowest BCUT2D eigenvalue weighted by Gasteiger charge is -2.21. The summed E-state index contributed by atoms with van der Waals surface area (Å²) in [7, 11) is 3.16. The van der Waals surface area contributed by atoms with Gasteiger partial charge in [0, 0.05) is 25.7 Å². The van der Waals surface area contributed by atoms with Crippen LogP contribution in [-0.4, -0.2) is 49.1 Å². The Hall–Kier alpha value is -2.83. The zero-order valence-electron chi connectivity index (χ0n) is 15.3. The standard InChI is InChI=1S/C19H24N4O3/c1-13-10-23(11-16(13)18(24)25-3)19(20-2)21-9-15-12-26-17(22-15)14-7-5-4-6-8-14/h4-8,12-13,16H,9-11H2,1-3H3,(H,20,21). The molecule has 7 nitrogen and oxygen atoms in total. The first-order chi connectivity index (χ1) is 12.6. The molecule has 0 amide bonds. The van der Waals surface area contributed by atoms with Gasteiger partial charge in [0.25, 0.3) is 0 Å². The highest BCUT2D eigenvalue weighted by Crippen LogP contribution is 2.24. The number of likely N-dealkylation sites (tertiary alicyclic amines) is 1. The van der Waals surface area contributed by atoms with Gasteiger partial charge in [-0.05, 0) is 18.1 Å². The van der Waals surface area contributed by atoms with E-state index in [9.17, 15) is 4.79 Å². The zero-order valence-corrected chi connectivity index (χ0v) is 15.3. The van der Waals surface area contributed by atoms with Crippen LogP contribution in [0.5, 0.6) is 0 Å². The van der Waals surface area contributed by atoms with E-state index < -0.39 is 0 Å². The van der Waals surface area contributed by atoms with E-state index in [0.717, 1.165) is 23.8 Å². The molecule has 1 aliphatic heterocycles. The Labute approximate surface area is 153 Å². The molecule has 26 heavy (non-hydrogen) atoms. The van der Waals surface area contributed by atoms with E-state index in [2.05, 4.69) is 27.1 Å². The molecule has 2 atom stereocenters. The lowest BCUT2D eigenvalue weighted by Crippen LogP contribution is -2.40. The average molecular weight is 356 g/mol. The number of carbonyl (C=O) groups excluding carboxylic acids is 1. The molecule has 7 heteroatoms. The topological polar surface area (TPSA) is 80.0 Å². The van der Waals surface area contributed by atoms with E-state index in [1.54, 1.807) is 13.3 Å². The summed E-state index contributed by atoms with van der Waals surface area (Å²) in [6, 6.07) is 9.77. The number of methoxy groups -OCH3 is 1.